The van der Waals surface area contributed by atoms with Crippen LogP contribution in [0.4, 0.5) is 5.13 Å². The molecule has 8 heteroatoms. The second-order valence-corrected chi connectivity index (χ2v) is 12.1. The molecule has 1 amide bonds. The van der Waals surface area contributed by atoms with Gasteiger partial charge in [-0.3, -0.25) is 14.7 Å². The van der Waals surface area contributed by atoms with E-state index in [0.29, 0.717) is 6.10 Å². The third kappa shape index (κ3) is 5.72. The smallest absolute Gasteiger partial charge is 0.252 e. The Labute approximate surface area is 229 Å². The number of nitrogens with zero attached hydrogens (tertiary/aromatic N) is 4. The Hall–Kier alpha value is -2.55. The number of carbonyl (C=O) groups excluding carboxylic acids is 1. The zero-order valence-corrected chi connectivity index (χ0v) is 23.2. The highest BCUT2D eigenvalue weighted by atomic mass is 32.1. The quantitative estimate of drug-likeness (QED) is 0.437. The van der Waals surface area contributed by atoms with Crippen LogP contribution in [-0.4, -0.2) is 65.7 Å². The Bertz CT molecular complexity index is 1250. The Kier molecular flexibility index (Phi) is 7.90. The number of hydrogen-bond donors (Lipinski definition) is 1. The number of fused-ring (bicyclic) bond motifs is 2. The largest absolute Gasteiger partial charge is 0.377 e. The maximum Gasteiger partial charge on any atom is 0.252 e. The van der Waals surface area contributed by atoms with Crippen molar-refractivity contribution >= 4 is 33.3 Å². The Morgan fingerprint density at radius 2 is 2.03 bits per heavy atom. The van der Waals surface area contributed by atoms with Crippen LogP contribution < -0.4 is 10.2 Å². The average molecular weight is 534 g/mol. The summed E-state index contributed by atoms with van der Waals surface area (Å²) in [6, 6.07) is 9.93. The number of hydrogen-bond acceptors (Lipinski definition) is 7. The van der Waals surface area contributed by atoms with Gasteiger partial charge in [0.05, 0.1) is 17.3 Å². The highest BCUT2D eigenvalue weighted by Gasteiger charge is 2.29. The number of ether oxygens (including phenoxy) is 1. The van der Waals surface area contributed by atoms with Crippen LogP contribution >= 0.6 is 11.3 Å². The minimum absolute atomic E-state index is 0.0288. The maximum atomic E-state index is 13.0. The first-order chi connectivity index (χ1) is 18.7. The third-order valence-electron chi connectivity index (χ3n) is 8.54. The number of benzene rings is 1. The first-order valence-corrected chi connectivity index (χ1v) is 15.2. The predicted molar refractivity (Wildman–Crippen MR) is 153 cm³/mol. The van der Waals surface area contributed by atoms with Crippen LogP contribution in [-0.2, 0) is 17.7 Å². The lowest BCUT2D eigenvalue weighted by Crippen LogP contribution is -2.38. The lowest BCUT2D eigenvalue weighted by atomic mass is 9.84. The molecule has 1 unspecified atom stereocenters. The second kappa shape index (κ2) is 11.7. The van der Waals surface area contributed by atoms with Crippen LogP contribution in [0.3, 0.4) is 0 Å². The summed E-state index contributed by atoms with van der Waals surface area (Å²) in [5.74, 6) is 0.776. The van der Waals surface area contributed by atoms with Gasteiger partial charge in [0.2, 0.25) is 0 Å². The van der Waals surface area contributed by atoms with Crippen molar-refractivity contribution in [1.29, 1.82) is 0 Å². The minimum Gasteiger partial charge on any atom is -0.377 e. The fourth-order valence-corrected chi connectivity index (χ4v) is 7.46. The van der Waals surface area contributed by atoms with Crippen molar-refractivity contribution in [3.8, 4) is 0 Å². The van der Waals surface area contributed by atoms with Crippen molar-refractivity contribution in [2.45, 2.75) is 70.6 Å². The van der Waals surface area contributed by atoms with Crippen molar-refractivity contribution in [3.63, 3.8) is 0 Å². The van der Waals surface area contributed by atoms with Gasteiger partial charge in [-0.2, -0.15) is 0 Å². The first-order valence-electron chi connectivity index (χ1n) is 14.4. The Morgan fingerprint density at radius 3 is 2.89 bits per heavy atom. The van der Waals surface area contributed by atoms with E-state index >= 15 is 0 Å². The molecule has 1 aliphatic carbocycles. The Morgan fingerprint density at radius 1 is 1.13 bits per heavy atom. The summed E-state index contributed by atoms with van der Waals surface area (Å²) in [6.45, 7) is 8.18. The molecule has 2 fully saturated rings. The summed E-state index contributed by atoms with van der Waals surface area (Å²) < 4.78 is 5.83. The topological polar surface area (TPSA) is 70.6 Å². The molecule has 7 nitrogen and oxygen atoms in total. The summed E-state index contributed by atoms with van der Waals surface area (Å²) in [4.78, 5) is 29.0. The first kappa shape index (κ1) is 25.7. The predicted octanol–water partition coefficient (Wildman–Crippen LogP) is 5.04. The Balaban J connectivity index is 0.952. The van der Waals surface area contributed by atoms with E-state index < -0.39 is 0 Å². The molecule has 1 atom stereocenters. The zero-order chi connectivity index (χ0) is 25.9. The van der Waals surface area contributed by atoms with Gasteiger partial charge in [-0.25, -0.2) is 4.98 Å². The number of rotatable bonds is 8. The standard InChI is InChI=1S/C30H39N5O2S/c1-2-37-23-13-18-35(19-23)30-33-27-20-34(17-14-28(27)38-30)16-12-21-8-10-22(11-9-21)32-29(36)25-5-3-7-26-24(25)6-4-15-31-26/h3-7,15,21-23H,2,8-14,16-20H2,1H3,(H,32,36)/t21-,22-,23?. The molecule has 0 spiro atoms. The normalized spacial score (nSPS) is 24.0. The van der Waals surface area contributed by atoms with Crippen molar-refractivity contribution in [3.05, 3.63) is 52.7 Å². The molecule has 0 bridgehead atoms. The van der Waals surface area contributed by atoms with Crippen LogP contribution in [0.2, 0.25) is 0 Å². The number of amides is 1. The van der Waals surface area contributed by atoms with Gasteiger partial charge in [-0.1, -0.05) is 12.1 Å². The van der Waals surface area contributed by atoms with Gasteiger partial charge in [-0.05, 0) is 82.5 Å². The van der Waals surface area contributed by atoms with E-state index in [0.717, 1.165) is 87.4 Å². The maximum absolute atomic E-state index is 13.0. The highest BCUT2D eigenvalue weighted by molar-refractivity contribution is 7.15. The molecule has 1 saturated heterocycles. The lowest BCUT2D eigenvalue weighted by Gasteiger charge is -2.32. The average Bonchev–Trinajstić information content (AvgIpc) is 3.59. The summed E-state index contributed by atoms with van der Waals surface area (Å²) in [5, 5.41) is 5.42. The van der Waals surface area contributed by atoms with Crippen LogP contribution in [0.5, 0.6) is 0 Å². The molecule has 202 valence electrons. The van der Waals surface area contributed by atoms with Crippen molar-refractivity contribution in [1.82, 2.24) is 20.2 Å². The van der Waals surface area contributed by atoms with Gasteiger partial charge in [0.1, 0.15) is 0 Å². The number of aromatic nitrogens is 2. The zero-order valence-electron chi connectivity index (χ0n) is 22.4. The number of pyridine rings is 1. The molecule has 1 aromatic carbocycles. The monoisotopic (exact) mass is 533 g/mol. The SMILES string of the molecule is CCOC1CCN(c2nc3c(s2)CCN(CC[C@H]2CC[C@H](NC(=O)c4cccc5ncccc45)CC2)C3)C1. The second-order valence-electron chi connectivity index (χ2n) is 11.1. The summed E-state index contributed by atoms with van der Waals surface area (Å²) >= 11 is 1.90. The van der Waals surface area contributed by atoms with Gasteiger partial charge in [0.25, 0.3) is 5.91 Å². The molecule has 4 heterocycles. The number of anilines is 1. The minimum atomic E-state index is 0.0288. The van der Waals surface area contributed by atoms with Crippen molar-refractivity contribution < 1.29 is 9.53 Å². The highest BCUT2D eigenvalue weighted by Crippen LogP contribution is 2.34. The van der Waals surface area contributed by atoms with E-state index in [-0.39, 0.29) is 11.9 Å². The van der Waals surface area contributed by atoms with Gasteiger partial charge < -0.3 is 15.0 Å². The van der Waals surface area contributed by atoms with Gasteiger partial charge in [-0.15, -0.1) is 11.3 Å². The van der Waals surface area contributed by atoms with E-state index in [9.17, 15) is 4.79 Å². The van der Waals surface area contributed by atoms with E-state index in [1.165, 1.54) is 35.0 Å². The van der Waals surface area contributed by atoms with E-state index in [1.807, 2.05) is 41.7 Å². The molecule has 3 aromatic rings. The van der Waals surface area contributed by atoms with E-state index in [4.69, 9.17) is 9.72 Å². The molecular formula is C30H39N5O2S. The molecule has 1 saturated carbocycles. The molecule has 0 radical (unpaired) electrons. The van der Waals surface area contributed by atoms with Gasteiger partial charge in [0.15, 0.2) is 5.13 Å². The summed E-state index contributed by atoms with van der Waals surface area (Å²) in [7, 11) is 0. The molecule has 2 aromatic heterocycles. The number of carbonyl (C=O) groups is 1. The molecule has 6 rings (SSSR count). The molecular weight excluding hydrogens is 494 g/mol. The van der Waals surface area contributed by atoms with E-state index in [2.05, 4.69) is 27.0 Å². The van der Waals surface area contributed by atoms with Crippen LogP contribution in [0.15, 0.2) is 36.5 Å². The number of nitrogens with one attached hydrogen (secondary N) is 1. The third-order valence-corrected chi connectivity index (χ3v) is 9.76. The summed E-state index contributed by atoms with van der Waals surface area (Å²) in [6.07, 6.45) is 10.1. The summed E-state index contributed by atoms with van der Waals surface area (Å²) in [5.41, 5.74) is 2.89. The fraction of sp³-hybridized carbons (Fsp3) is 0.567. The van der Waals surface area contributed by atoms with Crippen molar-refractivity contribution in [2.24, 2.45) is 5.92 Å². The van der Waals surface area contributed by atoms with Crippen molar-refractivity contribution in [2.75, 3.05) is 37.7 Å². The molecule has 2 aliphatic heterocycles. The molecule has 38 heavy (non-hydrogen) atoms. The lowest BCUT2D eigenvalue weighted by molar-refractivity contribution is 0.0787. The van der Waals surface area contributed by atoms with Crippen LogP contribution in [0, 0.1) is 5.92 Å². The van der Waals surface area contributed by atoms with Crippen LogP contribution in [0.25, 0.3) is 10.9 Å². The number of thiazole rings is 1. The van der Waals surface area contributed by atoms with Gasteiger partial charge >= 0.3 is 0 Å². The van der Waals surface area contributed by atoms with Crippen LogP contribution in [0.1, 0.15) is 66.4 Å². The van der Waals surface area contributed by atoms with Gasteiger partial charge in [0, 0.05) is 60.9 Å². The molecule has 1 N–H and O–H groups in total. The van der Waals surface area contributed by atoms with E-state index in [1.54, 1.807) is 6.20 Å². The molecule has 3 aliphatic rings. The fourth-order valence-electron chi connectivity index (χ4n) is 6.36.